The molecule has 0 atom stereocenters. The Kier molecular flexibility index (Phi) is 3.22. The molecule has 0 aliphatic rings. The minimum atomic E-state index is -0.0869. The number of carbonyl (C=O) groups excluding carboxylic acids is 1. The molecule has 2 nitrogen and oxygen atoms in total. The largest absolute Gasteiger partial charge is 0.451 e. The van der Waals surface area contributed by atoms with Gasteiger partial charge in [-0.15, -0.1) is 0 Å². The molecule has 3 rings (SSSR count). The van der Waals surface area contributed by atoms with E-state index >= 15 is 0 Å². The van der Waals surface area contributed by atoms with Gasteiger partial charge in [0.05, 0.1) is 4.47 Å². The van der Waals surface area contributed by atoms with E-state index in [9.17, 15) is 4.79 Å². The summed E-state index contributed by atoms with van der Waals surface area (Å²) in [7, 11) is 0. The summed E-state index contributed by atoms with van der Waals surface area (Å²) in [4.78, 5) is 12.5. The maximum atomic E-state index is 12.5. The topological polar surface area (TPSA) is 30.2 Å². The van der Waals surface area contributed by atoms with Crippen molar-refractivity contribution in [3.05, 3.63) is 69.4 Å². The van der Waals surface area contributed by atoms with Crippen LogP contribution in [0.3, 0.4) is 0 Å². The third kappa shape index (κ3) is 2.18. The summed E-state index contributed by atoms with van der Waals surface area (Å²) in [6, 6.07) is 13.2. The fourth-order valence-electron chi connectivity index (χ4n) is 2.16. The lowest BCUT2D eigenvalue weighted by Gasteiger charge is -2.02. The lowest BCUT2D eigenvalue weighted by molar-refractivity contribution is 0.101. The second kappa shape index (κ2) is 4.91. The summed E-state index contributed by atoms with van der Waals surface area (Å²) >= 11 is 3.43. The number of rotatable bonds is 2. The monoisotopic (exact) mass is 328 g/mol. The minimum absolute atomic E-state index is 0.0869. The van der Waals surface area contributed by atoms with Gasteiger partial charge in [0.15, 0.2) is 5.76 Å². The molecule has 0 aliphatic carbocycles. The molecule has 0 N–H and O–H groups in total. The van der Waals surface area contributed by atoms with Crippen molar-refractivity contribution in [3.8, 4) is 0 Å². The van der Waals surface area contributed by atoms with E-state index in [4.69, 9.17) is 4.42 Å². The zero-order chi connectivity index (χ0) is 14.3. The van der Waals surface area contributed by atoms with Gasteiger partial charge >= 0.3 is 0 Å². The Morgan fingerprint density at radius 2 is 1.85 bits per heavy atom. The van der Waals surface area contributed by atoms with E-state index in [-0.39, 0.29) is 5.78 Å². The zero-order valence-corrected chi connectivity index (χ0v) is 12.8. The second-order valence-electron chi connectivity index (χ2n) is 4.90. The second-order valence-corrected chi connectivity index (χ2v) is 5.75. The summed E-state index contributed by atoms with van der Waals surface area (Å²) in [5.41, 5.74) is 3.64. The molecule has 0 amide bonds. The number of hydrogen-bond acceptors (Lipinski definition) is 2. The first-order valence-corrected chi connectivity index (χ1v) is 7.15. The Morgan fingerprint density at radius 1 is 1.05 bits per heavy atom. The SMILES string of the molecule is Cc1ccc(C(=O)c2cc3cccc(Br)c3o2)cc1C. The molecule has 0 saturated carbocycles. The van der Waals surface area contributed by atoms with Crippen molar-refractivity contribution < 1.29 is 9.21 Å². The molecule has 0 aliphatic heterocycles. The van der Waals surface area contributed by atoms with Crippen LogP contribution < -0.4 is 0 Å². The van der Waals surface area contributed by atoms with Gasteiger partial charge in [0.2, 0.25) is 5.78 Å². The van der Waals surface area contributed by atoms with Crippen LogP contribution in [0.2, 0.25) is 0 Å². The van der Waals surface area contributed by atoms with Gasteiger partial charge < -0.3 is 4.42 Å². The molecule has 3 aromatic rings. The molecule has 1 heterocycles. The van der Waals surface area contributed by atoms with Crippen molar-refractivity contribution in [2.75, 3.05) is 0 Å². The Labute approximate surface area is 125 Å². The highest BCUT2D eigenvalue weighted by atomic mass is 79.9. The molecule has 0 unspecified atom stereocenters. The molecule has 0 spiro atoms. The summed E-state index contributed by atoms with van der Waals surface area (Å²) < 4.78 is 6.54. The van der Waals surface area contributed by atoms with Gasteiger partial charge in [-0.25, -0.2) is 0 Å². The number of halogens is 1. The maximum Gasteiger partial charge on any atom is 0.228 e. The van der Waals surface area contributed by atoms with Gasteiger partial charge in [-0.2, -0.15) is 0 Å². The van der Waals surface area contributed by atoms with Crippen LogP contribution in [0.5, 0.6) is 0 Å². The highest BCUT2D eigenvalue weighted by Crippen LogP contribution is 2.28. The molecule has 2 aromatic carbocycles. The fraction of sp³-hybridized carbons (Fsp3) is 0.118. The molecule has 0 radical (unpaired) electrons. The molecular weight excluding hydrogens is 316 g/mol. The first kappa shape index (κ1) is 13.1. The molecular formula is C17H13BrO2. The van der Waals surface area contributed by atoms with Gasteiger partial charge in [0.25, 0.3) is 0 Å². The van der Waals surface area contributed by atoms with Gasteiger partial charge in [-0.05, 0) is 59.1 Å². The Balaban J connectivity index is 2.08. The number of ketones is 1. The number of para-hydroxylation sites is 1. The predicted octanol–water partition coefficient (Wildman–Crippen LogP) is 5.04. The quantitative estimate of drug-likeness (QED) is 0.616. The lowest BCUT2D eigenvalue weighted by atomic mass is 10.0. The minimum Gasteiger partial charge on any atom is -0.451 e. The van der Waals surface area contributed by atoms with Gasteiger partial charge in [0.1, 0.15) is 5.58 Å². The van der Waals surface area contributed by atoms with Crippen LogP contribution in [0.25, 0.3) is 11.0 Å². The molecule has 3 heteroatoms. The van der Waals surface area contributed by atoms with Gasteiger partial charge in [-0.3, -0.25) is 4.79 Å². The number of fused-ring (bicyclic) bond motifs is 1. The third-order valence-corrected chi connectivity index (χ3v) is 4.11. The van der Waals surface area contributed by atoms with E-state index in [0.29, 0.717) is 16.9 Å². The van der Waals surface area contributed by atoms with Gasteiger partial charge in [0, 0.05) is 10.9 Å². The lowest BCUT2D eigenvalue weighted by Crippen LogP contribution is -2.00. The first-order chi connectivity index (χ1) is 9.56. The van der Waals surface area contributed by atoms with E-state index in [1.165, 1.54) is 5.56 Å². The molecule has 0 saturated heterocycles. The number of carbonyl (C=O) groups is 1. The number of furan rings is 1. The van der Waals surface area contributed by atoms with Crippen molar-refractivity contribution in [2.45, 2.75) is 13.8 Å². The van der Waals surface area contributed by atoms with Crippen LogP contribution in [0, 0.1) is 13.8 Å². The molecule has 20 heavy (non-hydrogen) atoms. The van der Waals surface area contributed by atoms with E-state index in [1.807, 2.05) is 50.2 Å². The number of benzene rings is 2. The van der Waals surface area contributed by atoms with E-state index in [1.54, 1.807) is 6.07 Å². The smallest absolute Gasteiger partial charge is 0.228 e. The standard InChI is InChI=1S/C17H13BrO2/c1-10-6-7-12(8-11(10)2)16(19)15-9-13-4-3-5-14(18)17(13)20-15/h3-9H,1-2H3. The van der Waals surface area contributed by atoms with Crippen LogP contribution in [0.4, 0.5) is 0 Å². The average Bonchev–Trinajstić information content (AvgIpc) is 2.86. The molecule has 1 aromatic heterocycles. The van der Waals surface area contributed by atoms with Crippen LogP contribution >= 0.6 is 15.9 Å². The summed E-state index contributed by atoms with van der Waals surface area (Å²) in [6.45, 7) is 4.03. The Bertz CT molecular complexity index is 815. The molecule has 0 fully saturated rings. The van der Waals surface area contributed by atoms with Crippen molar-refractivity contribution in [1.29, 1.82) is 0 Å². The highest BCUT2D eigenvalue weighted by Gasteiger charge is 2.16. The normalized spacial score (nSPS) is 10.9. The van der Waals surface area contributed by atoms with Crippen molar-refractivity contribution >= 4 is 32.7 Å². The average molecular weight is 329 g/mol. The van der Waals surface area contributed by atoms with E-state index in [0.717, 1.165) is 15.4 Å². The van der Waals surface area contributed by atoms with Crippen LogP contribution in [-0.2, 0) is 0 Å². The van der Waals surface area contributed by atoms with Crippen LogP contribution in [-0.4, -0.2) is 5.78 Å². The number of aryl methyl sites for hydroxylation is 2. The van der Waals surface area contributed by atoms with Crippen LogP contribution in [0.15, 0.2) is 51.4 Å². The number of hydrogen-bond donors (Lipinski definition) is 0. The van der Waals surface area contributed by atoms with Crippen molar-refractivity contribution in [3.63, 3.8) is 0 Å². The van der Waals surface area contributed by atoms with Gasteiger partial charge in [-0.1, -0.05) is 24.3 Å². The third-order valence-electron chi connectivity index (χ3n) is 3.49. The van der Waals surface area contributed by atoms with E-state index < -0.39 is 0 Å². The maximum absolute atomic E-state index is 12.5. The first-order valence-electron chi connectivity index (χ1n) is 6.36. The summed E-state index contributed by atoms with van der Waals surface area (Å²) in [5, 5.41) is 0.923. The van der Waals surface area contributed by atoms with Crippen molar-refractivity contribution in [1.82, 2.24) is 0 Å². The van der Waals surface area contributed by atoms with E-state index in [2.05, 4.69) is 15.9 Å². The fourth-order valence-corrected chi connectivity index (χ4v) is 2.63. The Hall–Kier alpha value is -1.87. The summed E-state index contributed by atoms with van der Waals surface area (Å²) in [5.74, 6) is 0.284. The van der Waals surface area contributed by atoms with Crippen LogP contribution in [0.1, 0.15) is 27.2 Å². The predicted molar refractivity (Wildman–Crippen MR) is 83.3 cm³/mol. The summed E-state index contributed by atoms with van der Waals surface area (Å²) in [6.07, 6.45) is 0. The highest BCUT2D eigenvalue weighted by molar-refractivity contribution is 9.10. The van der Waals surface area contributed by atoms with Crippen molar-refractivity contribution in [2.24, 2.45) is 0 Å². The Morgan fingerprint density at radius 3 is 2.55 bits per heavy atom. The molecule has 100 valence electrons. The zero-order valence-electron chi connectivity index (χ0n) is 11.2. The molecule has 0 bridgehead atoms.